The number of anilines is 1. The van der Waals surface area contributed by atoms with Crippen molar-refractivity contribution in [3.63, 3.8) is 0 Å². The van der Waals surface area contributed by atoms with E-state index < -0.39 is 5.91 Å². The summed E-state index contributed by atoms with van der Waals surface area (Å²) in [6.45, 7) is 1.34. The van der Waals surface area contributed by atoms with Crippen molar-refractivity contribution >= 4 is 29.1 Å². The highest BCUT2D eigenvalue weighted by Gasteiger charge is 2.25. The van der Waals surface area contributed by atoms with Crippen LogP contribution in [0.25, 0.3) is 0 Å². The number of amides is 3. The summed E-state index contributed by atoms with van der Waals surface area (Å²) < 4.78 is 0. The van der Waals surface area contributed by atoms with Gasteiger partial charge >= 0.3 is 6.03 Å². The number of primary amides is 1. The van der Waals surface area contributed by atoms with E-state index in [4.69, 9.17) is 5.73 Å². The van der Waals surface area contributed by atoms with Crippen molar-refractivity contribution < 1.29 is 9.59 Å². The van der Waals surface area contributed by atoms with E-state index in [-0.39, 0.29) is 11.7 Å². The molecule has 1 aliphatic heterocycles. The Morgan fingerprint density at radius 1 is 1.30 bits per heavy atom. The third kappa shape index (κ3) is 3.65. The normalized spacial score (nSPS) is 15.4. The minimum Gasteiger partial charge on any atom is -0.364 e. The molecular weight excluding hydrogens is 314 g/mol. The molecule has 8 heteroatoms. The Balaban J connectivity index is 1.57. The van der Waals surface area contributed by atoms with Crippen molar-refractivity contribution in [1.82, 2.24) is 14.9 Å². The fourth-order valence-corrected chi connectivity index (χ4v) is 3.41. The predicted molar refractivity (Wildman–Crippen MR) is 87.4 cm³/mol. The Hall–Kier alpha value is -2.48. The number of urea groups is 1. The molecule has 0 saturated carbocycles. The second-order valence-corrected chi connectivity index (χ2v) is 6.26. The van der Waals surface area contributed by atoms with Gasteiger partial charge in [0, 0.05) is 30.6 Å². The van der Waals surface area contributed by atoms with Crippen LogP contribution in [0.2, 0.25) is 0 Å². The molecule has 3 rings (SSSR count). The van der Waals surface area contributed by atoms with E-state index in [1.807, 2.05) is 11.6 Å². The lowest BCUT2D eigenvalue weighted by Gasteiger charge is -2.31. The molecule has 0 radical (unpaired) electrons. The maximum atomic E-state index is 12.3. The Kier molecular flexibility index (Phi) is 4.52. The molecule has 3 amide bonds. The minimum atomic E-state index is -0.620. The number of nitrogens with two attached hydrogens (primary N) is 1. The van der Waals surface area contributed by atoms with Crippen molar-refractivity contribution in [1.29, 1.82) is 0 Å². The van der Waals surface area contributed by atoms with Gasteiger partial charge in [0.1, 0.15) is 11.5 Å². The first-order valence-electron chi connectivity index (χ1n) is 7.35. The lowest BCUT2D eigenvalue weighted by molar-refractivity contribution is 0.0995. The monoisotopic (exact) mass is 331 g/mol. The Bertz CT molecular complexity index is 696. The van der Waals surface area contributed by atoms with Gasteiger partial charge in [-0.3, -0.25) is 10.1 Å². The largest absolute Gasteiger partial charge is 0.364 e. The maximum Gasteiger partial charge on any atom is 0.323 e. The smallest absolute Gasteiger partial charge is 0.323 e. The zero-order chi connectivity index (χ0) is 16.2. The number of piperidine rings is 1. The third-order valence-electron chi connectivity index (χ3n) is 3.82. The summed E-state index contributed by atoms with van der Waals surface area (Å²) in [5.41, 5.74) is 5.32. The Labute approximate surface area is 137 Å². The molecule has 2 aromatic rings. The molecule has 0 aliphatic carbocycles. The average molecular weight is 331 g/mol. The summed E-state index contributed by atoms with van der Waals surface area (Å²) in [7, 11) is 0. The van der Waals surface area contributed by atoms with E-state index in [9.17, 15) is 9.59 Å². The summed E-state index contributed by atoms with van der Waals surface area (Å²) in [6.07, 6.45) is 3.61. The van der Waals surface area contributed by atoms with Crippen LogP contribution in [0.15, 0.2) is 29.8 Å². The highest BCUT2D eigenvalue weighted by atomic mass is 32.1. The van der Waals surface area contributed by atoms with Crippen molar-refractivity contribution in [2.75, 3.05) is 18.4 Å². The standard InChI is InChI=1S/C15H17N5O2S/c16-13(21)11-2-1-3-12(18-11)19-15(22)20-7-4-10(5-8-20)14-17-6-9-23-14/h1-3,6,9-10H,4-5,7-8H2,(H2,16,21)(H,18,19,22). The first-order chi connectivity index (χ1) is 11.1. The van der Waals surface area contributed by atoms with Gasteiger partial charge < -0.3 is 10.6 Å². The summed E-state index contributed by atoms with van der Waals surface area (Å²) in [5, 5.41) is 5.83. The van der Waals surface area contributed by atoms with Crippen LogP contribution in [-0.4, -0.2) is 39.9 Å². The quantitative estimate of drug-likeness (QED) is 0.898. The molecular formula is C15H17N5O2S. The van der Waals surface area contributed by atoms with Crippen molar-refractivity contribution in [3.8, 4) is 0 Å². The van der Waals surface area contributed by atoms with Crippen LogP contribution in [0.5, 0.6) is 0 Å². The molecule has 23 heavy (non-hydrogen) atoms. The van der Waals surface area contributed by atoms with Crippen molar-refractivity contribution in [2.45, 2.75) is 18.8 Å². The lowest BCUT2D eigenvalue weighted by atomic mass is 9.98. The SMILES string of the molecule is NC(=O)c1cccc(NC(=O)N2CCC(c3nccs3)CC2)n1. The van der Waals surface area contributed by atoms with Gasteiger partial charge in [0.2, 0.25) is 0 Å². The molecule has 3 N–H and O–H groups in total. The molecule has 1 aliphatic rings. The van der Waals surface area contributed by atoms with Crippen LogP contribution in [0, 0.1) is 0 Å². The molecule has 1 saturated heterocycles. The Morgan fingerprint density at radius 3 is 2.74 bits per heavy atom. The number of rotatable bonds is 3. The number of nitrogens with one attached hydrogen (secondary N) is 1. The van der Waals surface area contributed by atoms with Gasteiger partial charge in [-0.2, -0.15) is 0 Å². The molecule has 7 nitrogen and oxygen atoms in total. The van der Waals surface area contributed by atoms with Gasteiger partial charge in [0.05, 0.1) is 5.01 Å². The first kappa shape index (κ1) is 15.4. The van der Waals surface area contributed by atoms with E-state index in [1.165, 1.54) is 6.07 Å². The third-order valence-corrected chi connectivity index (χ3v) is 4.76. The van der Waals surface area contributed by atoms with Crippen LogP contribution in [0.4, 0.5) is 10.6 Å². The zero-order valence-electron chi connectivity index (χ0n) is 12.4. The highest BCUT2D eigenvalue weighted by molar-refractivity contribution is 7.09. The van der Waals surface area contributed by atoms with Gasteiger partial charge in [-0.05, 0) is 25.0 Å². The molecule has 0 aromatic carbocycles. The fourth-order valence-electron chi connectivity index (χ4n) is 2.60. The number of hydrogen-bond donors (Lipinski definition) is 2. The van der Waals surface area contributed by atoms with E-state index in [0.717, 1.165) is 17.8 Å². The molecule has 1 fully saturated rings. The van der Waals surface area contributed by atoms with Crippen LogP contribution in [0.1, 0.15) is 34.3 Å². The van der Waals surface area contributed by atoms with Gasteiger partial charge in [0.25, 0.3) is 5.91 Å². The summed E-state index contributed by atoms with van der Waals surface area (Å²) in [5.74, 6) is 0.133. The van der Waals surface area contributed by atoms with Gasteiger partial charge in [-0.1, -0.05) is 6.07 Å². The number of thiazole rings is 1. The second-order valence-electron chi connectivity index (χ2n) is 5.33. The number of nitrogens with zero attached hydrogens (tertiary/aromatic N) is 3. The molecule has 3 heterocycles. The average Bonchev–Trinajstić information content (AvgIpc) is 3.09. The zero-order valence-corrected chi connectivity index (χ0v) is 13.3. The molecule has 0 bridgehead atoms. The van der Waals surface area contributed by atoms with E-state index in [0.29, 0.717) is 24.8 Å². The molecule has 2 aromatic heterocycles. The lowest BCUT2D eigenvalue weighted by Crippen LogP contribution is -2.40. The van der Waals surface area contributed by atoms with Gasteiger partial charge in [0.15, 0.2) is 0 Å². The summed E-state index contributed by atoms with van der Waals surface area (Å²) >= 11 is 1.66. The van der Waals surface area contributed by atoms with Crippen LogP contribution < -0.4 is 11.1 Å². The summed E-state index contributed by atoms with van der Waals surface area (Å²) in [4.78, 5) is 33.5. The number of carbonyl (C=O) groups excluding carboxylic acids is 2. The predicted octanol–water partition coefficient (Wildman–Crippen LogP) is 2.05. The van der Waals surface area contributed by atoms with E-state index in [2.05, 4.69) is 15.3 Å². The number of pyridine rings is 1. The van der Waals surface area contributed by atoms with Crippen molar-refractivity contribution in [2.24, 2.45) is 5.73 Å². The first-order valence-corrected chi connectivity index (χ1v) is 8.23. The van der Waals surface area contributed by atoms with Crippen molar-refractivity contribution in [3.05, 3.63) is 40.5 Å². The number of carbonyl (C=O) groups is 2. The van der Waals surface area contributed by atoms with Crippen LogP contribution in [-0.2, 0) is 0 Å². The number of aromatic nitrogens is 2. The summed E-state index contributed by atoms with van der Waals surface area (Å²) in [6, 6.07) is 4.57. The Morgan fingerprint density at radius 2 is 2.09 bits per heavy atom. The maximum absolute atomic E-state index is 12.3. The number of hydrogen-bond acceptors (Lipinski definition) is 5. The highest BCUT2D eigenvalue weighted by Crippen LogP contribution is 2.29. The van der Waals surface area contributed by atoms with E-state index in [1.54, 1.807) is 28.4 Å². The van der Waals surface area contributed by atoms with E-state index >= 15 is 0 Å². The molecule has 0 spiro atoms. The number of likely N-dealkylation sites (tertiary alicyclic amines) is 1. The fraction of sp³-hybridized carbons (Fsp3) is 0.333. The second kappa shape index (κ2) is 6.74. The van der Waals surface area contributed by atoms with Crippen LogP contribution >= 0.6 is 11.3 Å². The molecule has 0 atom stereocenters. The molecule has 120 valence electrons. The van der Waals surface area contributed by atoms with Gasteiger partial charge in [-0.15, -0.1) is 11.3 Å². The molecule has 0 unspecified atom stereocenters. The topological polar surface area (TPSA) is 101 Å². The van der Waals surface area contributed by atoms with Gasteiger partial charge in [-0.25, -0.2) is 14.8 Å². The van der Waals surface area contributed by atoms with Crippen LogP contribution in [0.3, 0.4) is 0 Å². The minimum absolute atomic E-state index is 0.130.